The Morgan fingerprint density at radius 3 is 2.85 bits per heavy atom. The Morgan fingerprint density at radius 2 is 2.15 bits per heavy atom. The third-order valence-electron chi connectivity index (χ3n) is 4.81. The SMILES string of the molecule is CC(N)Cc1cc(C#N)c2c(c1)C(CCCOC(=O)c1ccccc1)CN2. The fourth-order valence-electron chi connectivity index (χ4n) is 3.57. The van der Waals surface area contributed by atoms with Crippen molar-refractivity contribution in [3.8, 4) is 6.07 Å². The molecule has 0 aliphatic carbocycles. The van der Waals surface area contributed by atoms with Gasteiger partial charge in [0.2, 0.25) is 0 Å². The Bertz CT molecular complexity index is 841. The second kappa shape index (κ2) is 8.70. The highest BCUT2D eigenvalue weighted by Gasteiger charge is 2.25. The van der Waals surface area contributed by atoms with Crippen LogP contribution in [0.25, 0.3) is 0 Å². The minimum atomic E-state index is -0.286. The van der Waals surface area contributed by atoms with Gasteiger partial charge in [0.15, 0.2) is 0 Å². The molecule has 0 saturated carbocycles. The summed E-state index contributed by atoms with van der Waals surface area (Å²) in [5, 5.41) is 12.8. The van der Waals surface area contributed by atoms with Gasteiger partial charge >= 0.3 is 5.97 Å². The van der Waals surface area contributed by atoms with Crippen molar-refractivity contribution in [2.45, 2.75) is 38.1 Å². The zero-order valence-electron chi connectivity index (χ0n) is 15.6. The largest absolute Gasteiger partial charge is 0.462 e. The van der Waals surface area contributed by atoms with Crippen LogP contribution in [0.4, 0.5) is 5.69 Å². The van der Waals surface area contributed by atoms with Crippen LogP contribution in [0.1, 0.15) is 52.7 Å². The molecule has 3 N–H and O–H groups in total. The van der Waals surface area contributed by atoms with Crippen LogP contribution in [-0.4, -0.2) is 25.2 Å². The lowest BCUT2D eigenvalue weighted by Crippen LogP contribution is -2.18. The summed E-state index contributed by atoms with van der Waals surface area (Å²) >= 11 is 0. The summed E-state index contributed by atoms with van der Waals surface area (Å²) in [5.41, 5.74) is 10.4. The molecular weight excluding hydrogens is 338 g/mol. The van der Waals surface area contributed by atoms with Crippen molar-refractivity contribution in [2.24, 2.45) is 5.73 Å². The quantitative estimate of drug-likeness (QED) is 0.580. The summed E-state index contributed by atoms with van der Waals surface area (Å²) in [4.78, 5) is 12.0. The van der Waals surface area contributed by atoms with Crippen molar-refractivity contribution in [1.82, 2.24) is 0 Å². The van der Waals surface area contributed by atoms with Crippen molar-refractivity contribution in [3.63, 3.8) is 0 Å². The molecule has 2 atom stereocenters. The number of ether oxygens (including phenoxy) is 1. The van der Waals surface area contributed by atoms with Gasteiger partial charge in [-0.05, 0) is 55.5 Å². The van der Waals surface area contributed by atoms with Crippen molar-refractivity contribution < 1.29 is 9.53 Å². The molecule has 0 amide bonds. The number of carbonyl (C=O) groups is 1. The molecule has 0 aromatic heterocycles. The number of nitrogens with one attached hydrogen (secondary N) is 1. The summed E-state index contributed by atoms with van der Waals surface area (Å²) in [7, 11) is 0. The fraction of sp³-hybridized carbons (Fsp3) is 0.364. The number of carbonyl (C=O) groups excluding carboxylic acids is 1. The van der Waals surface area contributed by atoms with E-state index in [2.05, 4.69) is 17.5 Å². The number of benzene rings is 2. The van der Waals surface area contributed by atoms with Gasteiger partial charge in [-0.25, -0.2) is 4.79 Å². The Labute approximate surface area is 160 Å². The molecule has 3 rings (SSSR count). The topological polar surface area (TPSA) is 88.1 Å². The predicted octanol–water partition coefficient (Wildman–Crippen LogP) is 3.59. The van der Waals surface area contributed by atoms with E-state index in [9.17, 15) is 10.1 Å². The Morgan fingerprint density at radius 1 is 1.37 bits per heavy atom. The predicted molar refractivity (Wildman–Crippen MR) is 106 cm³/mol. The summed E-state index contributed by atoms with van der Waals surface area (Å²) in [5.74, 6) is 0.0297. The Balaban J connectivity index is 1.59. The van der Waals surface area contributed by atoms with Gasteiger partial charge in [-0.1, -0.05) is 24.3 Å². The van der Waals surface area contributed by atoms with Crippen LogP contribution < -0.4 is 11.1 Å². The number of nitrogens with two attached hydrogens (primary N) is 1. The van der Waals surface area contributed by atoms with Crippen LogP contribution in [0, 0.1) is 11.3 Å². The van der Waals surface area contributed by atoms with Crippen molar-refractivity contribution in [2.75, 3.05) is 18.5 Å². The number of nitrogens with zero attached hydrogens (tertiary/aromatic N) is 1. The second-order valence-electron chi connectivity index (χ2n) is 7.12. The van der Waals surface area contributed by atoms with Crippen LogP contribution in [-0.2, 0) is 11.2 Å². The molecule has 2 aromatic rings. The van der Waals surface area contributed by atoms with E-state index in [0.29, 0.717) is 23.7 Å². The first-order chi connectivity index (χ1) is 13.1. The molecule has 0 spiro atoms. The number of nitriles is 1. The lowest BCUT2D eigenvalue weighted by Gasteiger charge is -2.13. The molecule has 2 unspecified atom stereocenters. The molecule has 5 heteroatoms. The minimum absolute atomic E-state index is 0.0554. The minimum Gasteiger partial charge on any atom is -0.462 e. The molecule has 2 aromatic carbocycles. The number of hydrogen-bond donors (Lipinski definition) is 2. The van der Waals surface area contributed by atoms with Gasteiger partial charge in [-0.15, -0.1) is 0 Å². The maximum Gasteiger partial charge on any atom is 0.338 e. The van der Waals surface area contributed by atoms with Crippen LogP contribution in [0.5, 0.6) is 0 Å². The van der Waals surface area contributed by atoms with Gasteiger partial charge in [0.25, 0.3) is 0 Å². The highest BCUT2D eigenvalue weighted by Crippen LogP contribution is 2.37. The van der Waals surface area contributed by atoms with Crippen LogP contribution in [0.15, 0.2) is 42.5 Å². The number of fused-ring (bicyclic) bond motifs is 1. The average molecular weight is 363 g/mol. The molecule has 1 heterocycles. The third kappa shape index (κ3) is 4.66. The lowest BCUT2D eigenvalue weighted by atomic mass is 9.92. The zero-order valence-corrected chi connectivity index (χ0v) is 15.6. The Kier molecular flexibility index (Phi) is 6.10. The first kappa shape index (κ1) is 18.9. The summed E-state index contributed by atoms with van der Waals surface area (Å²) in [6.07, 6.45) is 2.43. The maximum absolute atomic E-state index is 12.0. The number of rotatable bonds is 7. The van der Waals surface area contributed by atoms with E-state index in [1.54, 1.807) is 12.1 Å². The van der Waals surface area contributed by atoms with Gasteiger partial charge in [0.05, 0.1) is 23.4 Å². The van der Waals surface area contributed by atoms with Gasteiger partial charge < -0.3 is 15.8 Å². The number of esters is 1. The average Bonchev–Trinajstić information content (AvgIpc) is 3.07. The molecule has 1 aliphatic heterocycles. The maximum atomic E-state index is 12.0. The van der Waals surface area contributed by atoms with Crippen LogP contribution in [0.2, 0.25) is 0 Å². The first-order valence-electron chi connectivity index (χ1n) is 9.37. The molecule has 27 heavy (non-hydrogen) atoms. The van der Waals surface area contributed by atoms with Crippen LogP contribution in [0.3, 0.4) is 0 Å². The molecule has 0 fully saturated rings. The molecular formula is C22H25N3O2. The highest BCUT2D eigenvalue weighted by atomic mass is 16.5. The number of hydrogen-bond acceptors (Lipinski definition) is 5. The first-order valence-corrected chi connectivity index (χ1v) is 9.37. The fourth-order valence-corrected chi connectivity index (χ4v) is 3.57. The third-order valence-corrected chi connectivity index (χ3v) is 4.81. The summed E-state index contributed by atoms with van der Waals surface area (Å²) in [6, 6.07) is 15.5. The monoisotopic (exact) mass is 363 g/mol. The van der Waals surface area contributed by atoms with Gasteiger partial charge in [-0.3, -0.25) is 0 Å². The highest BCUT2D eigenvalue weighted by molar-refractivity contribution is 5.89. The molecule has 140 valence electrons. The zero-order chi connectivity index (χ0) is 19.2. The van der Waals surface area contributed by atoms with E-state index in [0.717, 1.165) is 37.1 Å². The van der Waals surface area contributed by atoms with E-state index >= 15 is 0 Å². The van der Waals surface area contributed by atoms with E-state index in [-0.39, 0.29) is 12.0 Å². The molecule has 0 saturated heterocycles. The van der Waals surface area contributed by atoms with Gasteiger partial charge in [0, 0.05) is 18.5 Å². The van der Waals surface area contributed by atoms with Crippen LogP contribution >= 0.6 is 0 Å². The van der Waals surface area contributed by atoms with Crippen molar-refractivity contribution >= 4 is 11.7 Å². The molecule has 5 nitrogen and oxygen atoms in total. The summed E-state index contributed by atoms with van der Waals surface area (Å²) < 4.78 is 5.37. The summed E-state index contributed by atoms with van der Waals surface area (Å²) in [6.45, 7) is 3.17. The van der Waals surface area contributed by atoms with E-state index in [1.807, 2.05) is 31.2 Å². The van der Waals surface area contributed by atoms with Gasteiger partial charge in [-0.2, -0.15) is 5.26 Å². The number of anilines is 1. The van der Waals surface area contributed by atoms with Crippen molar-refractivity contribution in [3.05, 3.63) is 64.7 Å². The standard InChI is InChI=1S/C22H25N3O2/c1-15(24)10-16-11-19(13-23)21-20(12-16)18(14-25-21)8-5-9-27-22(26)17-6-3-2-4-7-17/h2-4,6-7,11-12,15,18,25H,5,8-10,14,24H2,1H3. The van der Waals surface area contributed by atoms with Crippen molar-refractivity contribution in [1.29, 1.82) is 5.26 Å². The van der Waals surface area contributed by atoms with E-state index in [4.69, 9.17) is 10.5 Å². The van der Waals surface area contributed by atoms with E-state index in [1.165, 1.54) is 5.56 Å². The Hall–Kier alpha value is -2.84. The lowest BCUT2D eigenvalue weighted by molar-refractivity contribution is 0.0497. The molecule has 0 radical (unpaired) electrons. The molecule has 1 aliphatic rings. The molecule has 0 bridgehead atoms. The second-order valence-corrected chi connectivity index (χ2v) is 7.12. The smallest absolute Gasteiger partial charge is 0.338 e. The van der Waals surface area contributed by atoms with Gasteiger partial charge in [0.1, 0.15) is 6.07 Å². The normalized spacial score (nSPS) is 16.1. The van der Waals surface area contributed by atoms with E-state index < -0.39 is 0 Å².